The van der Waals surface area contributed by atoms with Gasteiger partial charge in [0.05, 0.1) is 10.5 Å². The van der Waals surface area contributed by atoms with Crippen LogP contribution in [0.15, 0.2) is 0 Å². The minimum Gasteiger partial charge on any atom is -0.389 e. The van der Waals surface area contributed by atoms with Gasteiger partial charge >= 0.3 is 0 Å². The van der Waals surface area contributed by atoms with E-state index in [0.717, 1.165) is 36.5 Å². The van der Waals surface area contributed by atoms with Gasteiger partial charge in [0.2, 0.25) is 0 Å². The molecular formula is C27H47ClO. The van der Waals surface area contributed by atoms with Crippen LogP contribution in [0.2, 0.25) is 0 Å². The normalized spacial score (nSPS) is 50.7. The molecule has 2 heteroatoms. The second kappa shape index (κ2) is 7.68. The van der Waals surface area contributed by atoms with Gasteiger partial charge in [-0.3, -0.25) is 0 Å². The second-order valence-electron chi connectivity index (χ2n) is 12.7. The van der Waals surface area contributed by atoms with E-state index >= 15 is 0 Å². The van der Waals surface area contributed by atoms with Crippen molar-refractivity contribution in [3.8, 4) is 0 Å². The van der Waals surface area contributed by atoms with Crippen LogP contribution >= 0.6 is 11.6 Å². The predicted molar refractivity (Wildman–Crippen MR) is 124 cm³/mol. The molecule has 1 N–H and O–H groups in total. The van der Waals surface area contributed by atoms with Gasteiger partial charge in [-0.1, -0.05) is 60.3 Å². The largest absolute Gasteiger partial charge is 0.389 e. The van der Waals surface area contributed by atoms with E-state index in [0.29, 0.717) is 5.92 Å². The Morgan fingerprint density at radius 3 is 2.21 bits per heavy atom. The highest BCUT2D eigenvalue weighted by Gasteiger charge is 2.67. The molecule has 0 spiro atoms. The fourth-order valence-corrected chi connectivity index (χ4v) is 9.60. The van der Waals surface area contributed by atoms with E-state index in [1.807, 2.05) is 0 Å². The van der Waals surface area contributed by atoms with E-state index in [4.69, 9.17) is 11.6 Å². The van der Waals surface area contributed by atoms with E-state index in [9.17, 15) is 5.11 Å². The van der Waals surface area contributed by atoms with Crippen LogP contribution in [-0.2, 0) is 0 Å². The lowest BCUT2D eigenvalue weighted by atomic mass is 9.43. The monoisotopic (exact) mass is 422 g/mol. The van der Waals surface area contributed by atoms with Crippen LogP contribution in [0.1, 0.15) is 118 Å². The van der Waals surface area contributed by atoms with Crippen molar-refractivity contribution in [1.82, 2.24) is 0 Å². The maximum atomic E-state index is 11.6. The summed E-state index contributed by atoms with van der Waals surface area (Å²) in [4.78, 5) is -0.0131. The van der Waals surface area contributed by atoms with Crippen LogP contribution in [0.3, 0.4) is 0 Å². The highest BCUT2D eigenvalue weighted by molar-refractivity contribution is 6.25. The van der Waals surface area contributed by atoms with E-state index in [2.05, 4.69) is 34.6 Å². The van der Waals surface area contributed by atoms with Crippen molar-refractivity contribution >= 4 is 11.6 Å². The van der Waals surface area contributed by atoms with Crippen molar-refractivity contribution in [3.63, 3.8) is 0 Å². The van der Waals surface area contributed by atoms with Gasteiger partial charge in [0.1, 0.15) is 0 Å². The molecule has 8 atom stereocenters. The van der Waals surface area contributed by atoms with Gasteiger partial charge < -0.3 is 5.11 Å². The minimum atomic E-state index is -0.388. The van der Waals surface area contributed by atoms with Crippen LogP contribution in [0.5, 0.6) is 0 Å². The lowest BCUT2D eigenvalue weighted by Crippen LogP contribution is -2.62. The van der Waals surface area contributed by atoms with Crippen molar-refractivity contribution in [2.75, 3.05) is 0 Å². The first-order valence-electron chi connectivity index (χ1n) is 13.0. The van der Waals surface area contributed by atoms with Crippen LogP contribution < -0.4 is 0 Å². The third-order valence-corrected chi connectivity index (χ3v) is 12.1. The summed E-state index contributed by atoms with van der Waals surface area (Å²) < 4.78 is 0. The summed E-state index contributed by atoms with van der Waals surface area (Å²) in [6.07, 6.45) is 16.2. The smallest absolute Gasteiger partial charge is 0.0703 e. The highest BCUT2D eigenvalue weighted by Crippen LogP contribution is 2.71. The average Bonchev–Trinajstić information content (AvgIpc) is 2.94. The van der Waals surface area contributed by atoms with Crippen molar-refractivity contribution in [2.45, 2.75) is 129 Å². The summed E-state index contributed by atoms with van der Waals surface area (Å²) in [6.45, 7) is 12.2. The summed E-state index contributed by atoms with van der Waals surface area (Å²) in [6, 6.07) is 0. The third-order valence-electron chi connectivity index (χ3n) is 11.1. The molecule has 4 saturated carbocycles. The van der Waals surface area contributed by atoms with Gasteiger partial charge in [-0.15, -0.1) is 11.6 Å². The molecule has 0 aromatic rings. The fourth-order valence-electron chi connectivity index (χ4n) is 9.15. The van der Waals surface area contributed by atoms with Gasteiger partial charge in [0, 0.05) is 0 Å². The quantitative estimate of drug-likeness (QED) is 0.445. The van der Waals surface area contributed by atoms with Crippen LogP contribution in [0.25, 0.3) is 0 Å². The Kier molecular flexibility index (Phi) is 5.95. The molecule has 29 heavy (non-hydrogen) atoms. The number of hydrogen-bond acceptors (Lipinski definition) is 1. The molecule has 168 valence electrons. The Balaban J connectivity index is 1.54. The number of fused-ring (bicyclic) bond motifs is 5. The maximum Gasteiger partial charge on any atom is 0.0703 e. The van der Waals surface area contributed by atoms with Gasteiger partial charge in [-0.25, -0.2) is 0 Å². The SMILES string of the molecule is CC(C)CCC[C@@H](C)[C@@]1(Cl)CC[C@H]2[C@@H]3CCC4(O)CCCC[C@]4(C)[C@H]3CC[C@@]21C. The van der Waals surface area contributed by atoms with Gasteiger partial charge in [0.15, 0.2) is 0 Å². The maximum absolute atomic E-state index is 11.6. The molecular weight excluding hydrogens is 376 g/mol. The molecule has 0 aromatic carbocycles. The van der Waals surface area contributed by atoms with Crippen molar-refractivity contribution in [1.29, 1.82) is 0 Å². The van der Waals surface area contributed by atoms with Gasteiger partial charge in [-0.05, 0) is 98.2 Å². The Morgan fingerprint density at radius 1 is 0.828 bits per heavy atom. The molecule has 0 bridgehead atoms. The molecule has 0 saturated heterocycles. The molecule has 1 unspecified atom stereocenters. The van der Waals surface area contributed by atoms with Crippen molar-refractivity contribution < 1.29 is 5.11 Å². The fraction of sp³-hybridized carbons (Fsp3) is 1.00. The molecule has 4 aliphatic rings. The topological polar surface area (TPSA) is 20.2 Å². The predicted octanol–water partition coefficient (Wildman–Crippen LogP) is 7.97. The minimum absolute atomic E-state index is 0.0131. The van der Waals surface area contributed by atoms with Crippen molar-refractivity contribution in [2.24, 2.45) is 40.4 Å². The number of rotatable bonds is 5. The molecule has 1 nitrogen and oxygen atoms in total. The first-order valence-corrected chi connectivity index (χ1v) is 13.4. The van der Waals surface area contributed by atoms with Crippen LogP contribution in [-0.4, -0.2) is 15.6 Å². The molecule has 0 amide bonds. The molecule has 4 fully saturated rings. The summed E-state index contributed by atoms with van der Waals surface area (Å²) in [5.74, 6) is 3.69. The number of halogens is 1. The summed E-state index contributed by atoms with van der Waals surface area (Å²) in [5.41, 5.74) is 0.0460. The van der Waals surface area contributed by atoms with Gasteiger partial charge in [-0.2, -0.15) is 0 Å². The van der Waals surface area contributed by atoms with E-state index in [1.54, 1.807) is 0 Å². The Hall–Kier alpha value is 0.250. The standard InChI is InChI=1S/C27H47ClO/c1-19(2)9-8-10-20(3)27(28)18-13-23-21-11-17-26(29)15-7-6-14-24(26,4)22(21)12-16-25(23,27)5/h19-23,29H,6-18H2,1-5H3/t20-,21-,22+,23+,24-,25+,26?,27+/m1/s1. The zero-order valence-corrected chi connectivity index (χ0v) is 20.7. The molecule has 0 aliphatic heterocycles. The second-order valence-corrected chi connectivity index (χ2v) is 13.3. The highest BCUT2D eigenvalue weighted by atomic mass is 35.5. The molecule has 4 aliphatic carbocycles. The lowest BCUT2D eigenvalue weighted by Gasteiger charge is -2.64. The number of alkyl halides is 1. The molecule has 0 radical (unpaired) electrons. The zero-order valence-electron chi connectivity index (χ0n) is 19.9. The van der Waals surface area contributed by atoms with E-state index in [-0.39, 0.29) is 21.3 Å². The Bertz CT molecular complexity index is 603. The molecule has 4 rings (SSSR count). The zero-order chi connectivity index (χ0) is 21.1. The number of aliphatic hydroxyl groups is 1. The summed E-state index contributed by atoms with van der Waals surface area (Å²) >= 11 is 7.63. The van der Waals surface area contributed by atoms with Crippen LogP contribution in [0.4, 0.5) is 0 Å². The molecule has 0 heterocycles. The summed E-state index contributed by atoms with van der Waals surface area (Å²) in [7, 11) is 0. The van der Waals surface area contributed by atoms with Gasteiger partial charge in [0.25, 0.3) is 0 Å². The van der Waals surface area contributed by atoms with E-state index < -0.39 is 0 Å². The van der Waals surface area contributed by atoms with E-state index in [1.165, 1.54) is 70.6 Å². The van der Waals surface area contributed by atoms with Crippen LogP contribution in [0, 0.1) is 40.4 Å². The number of hydrogen-bond donors (Lipinski definition) is 1. The first kappa shape index (κ1) is 22.4. The summed E-state index contributed by atoms with van der Waals surface area (Å²) in [5, 5.41) is 11.6. The average molecular weight is 423 g/mol. The molecule has 0 aromatic heterocycles. The Morgan fingerprint density at radius 2 is 1.48 bits per heavy atom. The first-order chi connectivity index (χ1) is 13.6. The third kappa shape index (κ3) is 3.26. The Labute approximate surface area is 185 Å². The lowest BCUT2D eigenvalue weighted by molar-refractivity contribution is -0.204. The van der Waals surface area contributed by atoms with Crippen molar-refractivity contribution in [3.05, 3.63) is 0 Å².